The van der Waals surface area contributed by atoms with E-state index in [1.54, 1.807) is 7.05 Å². The zero-order chi connectivity index (χ0) is 20.2. The SMILES string of the molecule is CCNC(=NCCc1cccc(C(=O)NC)c1)NCCSc1ccc(C)cc1. The average molecular weight is 399 g/mol. The van der Waals surface area contributed by atoms with Crippen LogP contribution in [0.15, 0.2) is 58.4 Å². The van der Waals surface area contributed by atoms with Crippen molar-refractivity contribution in [2.45, 2.75) is 25.2 Å². The van der Waals surface area contributed by atoms with Gasteiger partial charge in [0.1, 0.15) is 0 Å². The molecule has 0 fully saturated rings. The van der Waals surface area contributed by atoms with Crippen molar-refractivity contribution in [2.75, 3.05) is 32.4 Å². The standard InChI is InChI=1S/C22H30N4OS/c1-4-24-22(26-14-15-28-20-10-8-17(2)9-11-20)25-13-12-18-6-5-7-19(16-18)21(27)23-3/h5-11,16H,4,12-15H2,1-3H3,(H,23,27)(H2,24,25,26). The minimum atomic E-state index is -0.0635. The van der Waals surface area contributed by atoms with E-state index in [0.29, 0.717) is 12.1 Å². The van der Waals surface area contributed by atoms with Crippen molar-refractivity contribution in [1.29, 1.82) is 0 Å². The van der Waals surface area contributed by atoms with Crippen molar-refractivity contribution in [3.8, 4) is 0 Å². The third-order valence-corrected chi connectivity index (χ3v) is 5.13. The maximum absolute atomic E-state index is 11.7. The number of benzene rings is 2. The van der Waals surface area contributed by atoms with Gasteiger partial charge in [-0.1, -0.05) is 29.8 Å². The van der Waals surface area contributed by atoms with E-state index in [-0.39, 0.29) is 5.91 Å². The number of aryl methyl sites for hydroxylation is 1. The molecule has 0 spiro atoms. The van der Waals surface area contributed by atoms with Crippen LogP contribution in [0.3, 0.4) is 0 Å². The highest BCUT2D eigenvalue weighted by Crippen LogP contribution is 2.17. The van der Waals surface area contributed by atoms with E-state index in [9.17, 15) is 4.79 Å². The third kappa shape index (κ3) is 7.64. The van der Waals surface area contributed by atoms with Crippen LogP contribution in [0.1, 0.15) is 28.4 Å². The summed E-state index contributed by atoms with van der Waals surface area (Å²) in [5, 5.41) is 9.31. The van der Waals surface area contributed by atoms with Gasteiger partial charge < -0.3 is 16.0 Å². The first kappa shape index (κ1) is 21.8. The van der Waals surface area contributed by atoms with Gasteiger partial charge in [-0.15, -0.1) is 11.8 Å². The number of rotatable bonds is 9. The molecule has 2 rings (SSSR count). The quantitative estimate of drug-likeness (QED) is 0.263. The highest BCUT2D eigenvalue weighted by atomic mass is 32.2. The van der Waals surface area contributed by atoms with Crippen molar-refractivity contribution in [3.05, 3.63) is 65.2 Å². The number of hydrogen-bond donors (Lipinski definition) is 3. The summed E-state index contributed by atoms with van der Waals surface area (Å²) in [4.78, 5) is 17.7. The molecule has 0 aromatic heterocycles. The van der Waals surface area contributed by atoms with Gasteiger partial charge >= 0.3 is 0 Å². The Hall–Kier alpha value is -2.47. The molecule has 0 aliphatic rings. The van der Waals surface area contributed by atoms with Crippen molar-refractivity contribution < 1.29 is 4.79 Å². The molecule has 1 amide bonds. The number of hydrogen-bond acceptors (Lipinski definition) is 3. The highest BCUT2D eigenvalue weighted by molar-refractivity contribution is 7.99. The molecule has 0 saturated heterocycles. The van der Waals surface area contributed by atoms with E-state index < -0.39 is 0 Å². The maximum atomic E-state index is 11.7. The van der Waals surface area contributed by atoms with Gasteiger partial charge in [-0.05, 0) is 50.1 Å². The van der Waals surface area contributed by atoms with E-state index in [4.69, 9.17) is 0 Å². The largest absolute Gasteiger partial charge is 0.357 e. The first-order valence-electron chi connectivity index (χ1n) is 9.65. The predicted molar refractivity (Wildman–Crippen MR) is 119 cm³/mol. The summed E-state index contributed by atoms with van der Waals surface area (Å²) in [6, 6.07) is 16.3. The van der Waals surface area contributed by atoms with Crippen molar-refractivity contribution in [2.24, 2.45) is 4.99 Å². The number of nitrogens with zero attached hydrogens (tertiary/aromatic N) is 1. The first-order valence-corrected chi connectivity index (χ1v) is 10.6. The summed E-state index contributed by atoms with van der Waals surface area (Å²) < 4.78 is 0. The molecule has 0 aliphatic heterocycles. The number of amides is 1. The summed E-state index contributed by atoms with van der Waals surface area (Å²) in [6.07, 6.45) is 0.791. The molecule has 0 atom stereocenters. The van der Waals surface area contributed by atoms with Crippen LogP contribution < -0.4 is 16.0 Å². The summed E-state index contributed by atoms with van der Waals surface area (Å²) in [6.45, 7) is 6.49. The van der Waals surface area contributed by atoms with Crippen LogP contribution >= 0.6 is 11.8 Å². The van der Waals surface area contributed by atoms with Gasteiger partial charge in [0.2, 0.25) is 0 Å². The second-order valence-corrected chi connectivity index (χ2v) is 7.55. The topological polar surface area (TPSA) is 65.5 Å². The Balaban J connectivity index is 1.79. The van der Waals surface area contributed by atoms with Crippen LogP contribution in [0, 0.1) is 6.92 Å². The Morgan fingerprint density at radius 3 is 2.61 bits per heavy atom. The molecule has 0 saturated carbocycles. The van der Waals surface area contributed by atoms with Crippen molar-refractivity contribution >= 4 is 23.6 Å². The lowest BCUT2D eigenvalue weighted by Gasteiger charge is -2.11. The molecule has 0 unspecified atom stereocenters. The Bertz CT molecular complexity index is 774. The smallest absolute Gasteiger partial charge is 0.251 e. The molecule has 6 heteroatoms. The van der Waals surface area contributed by atoms with Gasteiger partial charge in [-0.3, -0.25) is 9.79 Å². The molecule has 150 valence electrons. The lowest BCUT2D eigenvalue weighted by atomic mass is 10.1. The van der Waals surface area contributed by atoms with E-state index in [1.165, 1.54) is 10.5 Å². The molecule has 2 aromatic carbocycles. The lowest BCUT2D eigenvalue weighted by molar-refractivity contribution is 0.0963. The second-order valence-electron chi connectivity index (χ2n) is 6.38. The number of nitrogens with one attached hydrogen (secondary N) is 3. The highest BCUT2D eigenvalue weighted by Gasteiger charge is 2.04. The fraction of sp³-hybridized carbons (Fsp3) is 0.364. The Morgan fingerprint density at radius 2 is 1.89 bits per heavy atom. The van der Waals surface area contributed by atoms with Crippen LogP contribution in [0.5, 0.6) is 0 Å². The molecule has 0 aliphatic carbocycles. The summed E-state index contributed by atoms with van der Waals surface area (Å²) in [5.74, 6) is 1.74. The molecule has 5 nitrogen and oxygen atoms in total. The Kier molecular flexibility index (Phi) is 9.42. The minimum absolute atomic E-state index is 0.0635. The van der Waals surface area contributed by atoms with Crippen LogP contribution in [0.25, 0.3) is 0 Å². The molecule has 3 N–H and O–H groups in total. The summed E-state index contributed by atoms with van der Waals surface area (Å²) in [5.41, 5.74) is 3.07. The molecule has 0 bridgehead atoms. The predicted octanol–water partition coefficient (Wildman–Crippen LogP) is 3.24. The number of thioether (sulfide) groups is 1. The maximum Gasteiger partial charge on any atom is 0.251 e. The number of carbonyl (C=O) groups excluding carboxylic acids is 1. The van der Waals surface area contributed by atoms with Gasteiger partial charge in [0, 0.05) is 42.9 Å². The van der Waals surface area contributed by atoms with Gasteiger partial charge in [-0.2, -0.15) is 0 Å². The van der Waals surface area contributed by atoms with Crippen LogP contribution in [-0.4, -0.2) is 44.3 Å². The van der Waals surface area contributed by atoms with Gasteiger partial charge in [0.05, 0.1) is 0 Å². The minimum Gasteiger partial charge on any atom is -0.357 e. The molecular weight excluding hydrogens is 368 g/mol. The van der Waals surface area contributed by atoms with Crippen molar-refractivity contribution in [1.82, 2.24) is 16.0 Å². The zero-order valence-electron chi connectivity index (χ0n) is 16.9. The third-order valence-electron chi connectivity index (χ3n) is 4.12. The van der Waals surface area contributed by atoms with E-state index in [0.717, 1.165) is 36.8 Å². The van der Waals surface area contributed by atoms with Crippen LogP contribution in [0.4, 0.5) is 0 Å². The molecule has 2 aromatic rings. The van der Waals surface area contributed by atoms with E-state index in [1.807, 2.05) is 36.0 Å². The Morgan fingerprint density at radius 1 is 1.11 bits per heavy atom. The summed E-state index contributed by atoms with van der Waals surface area (Å²) >= 11 is 1.83. The van der Waals surface area contributed by atoms with E-state index in [2.05, 4.69) is 59.1 Å². The van der Waals surface area contributed by atoms with E-state index >= 15 is 0 Å². The fourth-order valence-corrected chi connectivity index (χ4v) is 3.39. The van der Waals surface area contributed by atoms with Crippen molar-refractivity contribution in [3.63, 3.8) is 0 Å². The molecular formula is C22H30N4OS. The number of aliphatic imine (C=N–C) groups is 1. The number of carbonyl (C=O) groups is 1. The molecule has 0 heterocycles. The average Bonchev–Trinajstić information content (AvgIpc) is 2.72. The molecule has 28 heavy (non-hydrogen) atoms. The second kappa shape index (κ2) is 12.1. The lowest BCUT2D eigenvalue weighted by Crippen LogP contribution is -2.38. The monoisotopic (exact) mass is 398 g/mol. The fourth-order valence-electron chi connectivity index (χ4n) is 2.62. The van der Waals surface area contributed by atoms with Gasteiger partial charge in [-0.25, -0.2) is 0 Å². The number of guanidine groups is 1. The van der Waals surface area contributed by atoms with Crippen LogP contribution in [-0.2, 0) is 6.42 Å². The summed E-state index contributed by atoms with van der Waals surface area (Å²) in [7, 11) is 1.64. The zero-order valence-corrected chi connectivity index (χ0v) is 17.7. The Labute approximate surface area is 172 Å². The first-order chi connectivity index (χ1) is 13.6. The van der Waals surface area contributed by atoms with Gasteiger partial charge in [0.25, 0.3) is 5.91 Å². The molecule has 0 radical (unpaired) electrons. The van der Waals surface area contributed by atoms with Gasteiger partial charge in [0.15, 0.2) is 5.96 Å². The normalized spacial score (nSPS) is 11.2. The van der Waals surface area contributed by atoms with Crippen LogP contribution in [0.2, 0.25) is 0 Å².